The predicted molar refractivity (Wildman–Crippen MR) is 43.8 cm³/mol. The van der Waals surface area contributed by atoms with Gasteiger partial charge in [-0.15, -0.1) is 0 Å². The van der Waals surface area contributed by atoms with E-state index in [-0.39, 0.29) is 5.92 Å². The highest BCUT2D eigenvalue weighted by Gasteiger charge is 2.21. The standard InChI is InChI=1S/C9H10N2O/c12-6-7-2-1-3-8-9(7)11-5-4-10-8/h4-7H,1-3H2. The molecule has 0 radical (unpaired) electrons. The minimum atomic E-state index is -0.0116. The fourth-order valence-corrected chi connectivity index (χ4v) is 1.64. The van der Waals surface area contributed by atoms with Gasteiger partial charge in [-0.25, -0.2) is 0 Å². The van der Waals surface area contributed by atoms with Crippen LogP contribution in [0, 0.1) is 0 Å². The van der Waals surface area contributed by atoms with Crippen LogP contribution < -0.4 is 0 Å². The van der Waals surface area contributed by atoms with Gasteiger partial charge in [0.1, 0.15) is 6.29 Å². The quantitative estimate of drug-likeness (QED) is 0.580. The molecule has 1 aromatic heterocycles. The number of carbonyl (C=O) groups is 1. The first-order chi connectivity index (χ1) is 5.92. The summed E-state index contributed by atoms with van der Waals surface area (Å²) >= 11 is 0. The Balaban J connectivity index is 2.43. The summed E-state index contributed by atoms with van der Waals surface area (Å²) in [4.78, 5) is 19.0. The molecule has 0 amide bonds. The Morgan fingerprint density at radius 2 is 2.25 bits per heavy atom. The van der Waals surface area contributed by atoms with Crippen LogP contribution in [0.1, 0.15) is 30.1 Å². The van der Waals surface area contributed by atoms with Crippen LogP contribution in [0.3, 0.4) is 0 Å². The molecule has 0 fully saturated rings. The van der Waals surface area contributed by atoms with Gasteiger partial charge in [0.2, 0.25) is 0 Å². The maximum Gasteiger partial charge on any atom is 0.129 e. The zero-order chi connectivity index (χ0) is 8.39. The number of hydrogen-bond donors (Lipinski definition) is 0. The molecule has 0 saturated heterocycles. The van der Waals surface area contributed by atoms with Crippen molar-refractivity contribution in [3.05, 3.63) is 23.8 Å². The van der Waals surface area contributed by atoms with Crippen molar-refractivity contribution in [2.24, 2.45) is 0 Å². The Kier molecular flexibility index (Phi) is 1.86. The molecule has 1 aliphatic carbocycles. The van der Waals surface area contributed by atoms with Crippen LogP contribution in [0.15, 0.2) is 12.4 Å². The fourth-order valence-electron chi connectivity index (χ4n) is 1.64. The molecule has 0 saturated carbocycles. The van der Waals surface area contributed by atoms with Crippen LogP contribution in [0.4, 0.5) is 0 Å². The van der Waals surface area contributed by atoms with E-state index in [2.05, 4.69) is 9.97 Å². The second-order valence-electron chi connectivity index (χ2n) is 3.02. The van der Waals surface area contributed by atoms with E-state index < -0.39 is 0 Å². The molecule has 3 nitrogen and oxygen atoms in total. The first kappa shape index (κ1) is 7.40. The topological polar surface area (TPSA) is 42.9 Å². The summed E-state index contributed by atoms with van der Waals surface area (Å²) < 4.78 is 0. The minimum Gasteiger partial charge on any atom is -0.303 e. The molecular formula is C9H10N2O. The lowest BCUT2D eigenvalue weighted by atomic mass is 9.91. The zero-order valence-electron chi connectivity index (χ0n) is 6.73. The second kappa shape index (κ2) is 3.01. The molecule has 0 aliphatic heterocycles. The van der Waals surface area contributed by atoms with E-state index in [9.17, 15) is 4.79 Å². The summed E-state index contributed by atoms with van der Waals surface area (Å²) in [6.07, 6.45) is 7.26. The van der Waals surface area contributed by atoms with E-state index in [0.29, 0.717) is 0 Å². The monoisotopic (exact) mass is 162 g/mol. The predicted octanol–water partition coefficient (Wildman–Crippen LogP) is 1.10. The van der Waals surface area contributed by atoms with E-state index in [1.165, 1.54) is 0 Å². The van der Waals surface area contributed by atoms with Gasteiger partial charge in [-0.2, -0.15) is 0 Å². The van der Waals surface area contributed by atoms with Crippen LogP contribution in [0.2, 0.25) is 0 Å². The van der Waals surface area contributed by atoms with Gasteiger partial charge in [0.05, 0.1) is 17.3 Å². The lowest BCUT2D eigenvalue weighted by Gasteiger charge is -2.17. The number of aldehydes is 1. The Bertz CT molecular complexity index is 298. The maximum atomic E-state index is 10.7. The van der Waals surface area contributed by atoms with E-state index in [1.807, 2.05) is 0 Å². The van der Waals surface area contributed by atoms with Crippen molar-refractivity contribution in [2.75, 3.05) is 0 Å². The van der Waals surface area contributed by atoms with Crippen molar-refractivity contribution in [3.63, 3.8) is 0 Å². The molecule has 1 aromatic rings. The molecule has 1 atom stereocenters. The van der Waals surface area contributed by atoms with Gasteiger partial charge in [-0.05, 0) is 19.3 Å². The highest BCUT2D eigenvalue weighted by atomic mass is 16.1. The van der Waals surface area contributed by atoms with Gasteiger partial charge in [0, 0.05) is 12.4 Å². The molecule has 0 bridgehead atoms. The Morgan fingerprint density at radius 3 is 3.08 bits per heavy atom. The van der Waals surface area contributed by atoms with E-state index >= 15 is 0 Å². The van der Waals surface area contributed by atoms with Crippen molar-refractivity contribution in [3.8, 4) is 0 Å². The Morgan fingerprint density at radius 1 is 1.42 bits per heavy atom. The summed E-state index contributed by atoms with van der Waals surface area (Å²) in [5.41, 5.74) is 1.89. The highest BCUT2D eigenvalue weighted by molar-refractivity contribution is 5.61. The van der Waals surface area contributed by atoms with E-state index in [1.54, 1.807) is 12.4 Å². The minimum absolute atomic E-state index is 0.0116. The van der Waals surface area contributed by atoms with Gasteiger partial charge in [-0.1, -0.05) is 0 Å². The van der Waals surface area contributed by atoms with Crippen molar-refractivity contribution in [1.82, 2.24) is 9.97 Å². The Labute approximate surface area is 70.9 Å². The third-order valence-corrected chi connectivity index (χ3v) is 2.25. The number of hydrogen-bond acceptors (Lipinski definition) is 3. The first-order valence-electron chi connectivity index (χ1n) is 4.17. The summed E-state index contributed by atoms with van der Waals surface area (Å²) in [7, 11) is 0. The molecular weight excluding hydrogens is 152 g/mol. The summed E-state index contributed by atoms with van der Waals surface area (Å²) in [6, 6.07) is 0. The molecule has 3 heteroatoms. The van der Waals surface area contributed by atoms with E-state index in [0.717, 1.165) is 36.9 Å². The Hall–Kier alpha value is -1.25. The first-order valence-corrected chi connectivity index (χ1v) is 4.17. The molecule has 1 heterocycles. The molecule has 0 N–H and O–H groups in total. The van der Waals surface area contributed by atoms with Crippen LogP contribution in [-0.2, 0) is 11.2 Å². The summed E-state index contributed by atoms with van der Waals surface area (Å²) in [5, 5.41) is 0. The van der Waals surface area contributed by atoms with Crippen molar-refractivity contribution < 1.29 is 4.79 Å². The number of carbonyl (C=O) groups excluding carboxylic acids is 1. The molecule has 0 aromatic carbocycles. The van der Waals surface area contributed by atoms with Crippen LogP contribution in [-0.4, -0.2) is 16.3 Å². The average molecular weight is 162 g/mol. The third-order valence-electron chi connectivity index (χ3n) is 2.25. The molecule has 62 valence electrons. The smallest absolute Gasteiger partial charge is 0.129 e. The van der Waals surface area contributed by atoms with Gasteiger partial charge in [0.25, 0.3) is 0 Å². The van der Waals surface area contributed by atoms with Gasteiger partial charge >= 0.3 is 0 Å². The molecule has 1 unspecified atom stereocenters. The summed E-state index contributed by atoms with van der Waals surface area (Å²) in [6.45, 7) is 0. The summed E-state index contributed by atoms with van der Waals surface area (Å²) in [5.74, 6) is -0.0116. The zero-order valence-corrected chi connectivity index (χ0v) is 6.73. The van der Waals surface area contributed by atoms with Gasteiger partial charge in [-0.3, -0.25) is 9.97 Å². The van der Waals surface area contributed by atoms with Crippen LogP contribution >= 0.6 is 0 Å². The SMILES string of the molecule is O=CC1CCCc2nccnc21. The molecule has 2 rings (SSSR count). The van der Waals surface area contributed by atoms with Gasteiger partial charge in [0.15, 0.2) is 0 Å². The maximum absolute atomic E-state index is 10.7. The fraction of sp³-hybridized carbons (Fsp3) is 0.444. The number of rotatable bonds is 1. The van der Waals surface area contributed by atoms with Crippen molar-refractivity contribution >= 4 is 6.29 Å². The number of fused-ring (bicyclic) bond motifs is 1. The number of aryl methyl sites for hydroxylation is 1. The van der Waals surface area contributed by atoms with Gasteiger partial charge < -0.3 is 4.79 Å². The second-order valence-corrected chi connectivity index (χ2v) is 3.02. The third kappa shape index (κ3) is 1.11. The number of aromatic nitrogens is 2. The normalized spacial score (nSPS) is 21.5. The largest absolute Gasteiger partial charge is 0.303 e. The lowest BCUT2D eigenvalue weighted by molar-refractivity contribution is -0.109. The average Bonchev–Trinajstić information content (AvgIpc) is 2.17. The van der Waals surface area contributed by atoms with Crippen molar-refractivity contribution in [1.29, 1.82) is 0 Å². The van der Waals surface area contributed by atoms with Crippen LogP contribution in [0.25, 0.3) is 0 Å². The highest BCUT2D eigenvalue weighted by Crippen LogP contribution is 2.26. The molecule has 0 spiro atoms. The van der Waals surface area contributed by atoms with Crippen LogP contribution in [0.5, 0.6) is 0 Å². The van der Waals surface area contributed by atoms with E-state index in [4.69, 9.17) is 0 Å². The number of nitrogens with zero attached hydrogens (tertiary/aromatic N) is 2. The molecule has 1 aliphatic rings. The van der Waals surface area contributed by atoms with Crippen molar-refractivity contribution in [2.45, 2.75) is 25.2 Å². The lowest BCUT2D eigenvalue weighted by Crippen LogP contribution is -2.14. The molecule has 12 heavy (non-hydrogen) atoms.